The van der Waals surface area contributed by atoms with Crippen LogP contribution in [0.4, 0.5) is 0 Å². The summed E-state index contributed by atoms with van der Waals surface area (Å²) >= 11 is 0. The molecule has 1 amide bonds. The number of hydrogen-bond acceptors (Lipinski definition) is 6. The number of likely N-dealkylation sites (tertiary alicyclic amines) is 1. The maximum atomic E-state index is 12.7. The van der Waals surface area contributed by atoms with Gasteiger partial charge in [0.2, 0.25) is 0 Å². The van der Waals surface area contributed by atoms with Gasteiger partial charge in [-0.15, -0.1) is 0 Å². The smallest absolute Gasteiger partial charge is 0.308 e. The van der Waals surface area contributed by atoms with Crippen LogP contribution in [0.15, 0.2) is 41.2 Å². The highest BCUT2D eigenvalue weighted by Crippen LogP contribution is 2.27. The van der Waals surface area contributed by atoms with Crippen molar-refractivity contribution in [1.29, 1.82) is 0 Å². The number of rotatable bonds is 4. The molecule has 0 spiro atoms. The number of fused-ring (bicyclic) bond motifs is 1. The van der Waals surface area contributed by atoms with E-state index in [9.17, 15) is 9.59 Å². The number of esters is 1. The van der Waals surface area contributed by atoms with E-state index in [4.69, 9.17) is 13.9 Å². The van der Waals surface area contributed by atoms with E-state index in [-0.39, 0.29) is 17.8 Å². The molecular formula is C22H26N2O5. The molecule has 2 aromatic rings. The lowest BCUT2D eigenvalue weighted by atomic mass is 9.96. The molecule has 7 heteroatoms. The summed E-state index contributed by atoms with van der Waals surface area (Å²) in [5.74, 6) is 0.694. The number of benzene rings is 1. The Morgan fingerprint density at radius 1 is 1.17 bits per heavy atom. The van der Waals surface area contributed by atoms with Crippen molar-refractivity contribution >= 4 is 11.9 Å². The van der Waals surface area contributed by atoms with Crippen LogP contribution in [0.2, 0.25) is 0 Å². The standard InChI is InChI=1S/C22H26N2O5/c1-27-22(26)17-4-7-23(8-5-17)13-16-2-3-20-19(12-16)14-24(9-11-29-20)21(25)18-6-10-28-15-18/h2-3,6,10,12,15,17H,4-5,7-9,11,13-14H2,1H3. The van der Waals surface area contributed by atoms with Crippen molar-refractivity contribution in [3.8, 4) is 5.75 Å². The van der Waals surface area contributed by atoms with Crippen molar-refractivity contribution in [2.75, 3.05) is 33.4 Å². The predicted molar refractivity (Wildman–Crippen MR) is 105 cm³/mol. The molecule has 1 saturated heterocycles. The van der Waals surface area contributed by atoms with E-state index >= 15 is 0 Å². The number of nitrogens with zero attached hydrogens (tertiary/aromatic N) is 2. The molecule has 0 aliphatic carbocycles. The second-order valence-corrected chi connectivity index (χ2v) is 7.60. The van der Waals surface area contributed by atoms with Crippen LogP contribution in [-0.2, 0) is 22.6 Å². The highest BCUT2D eigenvalue weighted by molar-refractivity contribution is 5.93. The Hall–Kier alpha value is -2.80. The Bertz CT molecular complexity index is 856. The maximum absolute atomic E-state index is 12.7. The van der Waals surface area contributed by atoms with Crippen molar-refractivity contribution in [1.82, 2.24) is 9.80 Å². The van der Waals surface area contributed by atoms with Crippen molar-refractivity contribution in [2.45, 2.75) is 25.9 Å². The summed E-state index contributed by atoms with van der Waals surface area (Å²) < 4.78 is 15.8. The Morgan fingerprint density at radius 3 is 2.72 bits per heavy atom. The third-order valence-electron chi connectivity index (χ3n) is 5.69. The number of methoxy groups -OCH3 is 1. The summed E-state index contributed by atoms with van der Waals surface area (Å²) in [4.78, 5) is 28.6. The summed E-state index contributed by atoms with van der Waals surface area (Å²) in [6.45, 7) is 4.08. The molecule has 1 aromatic carbocycles. The molecule has 29 heavy (non-hydrogen) atoms. The van der Waals surface area contributed by atoms with E-state index in [2.05, 4.69) is 17.0 Å². The fraction of sp³-hybridized carbons (Fsp3) is 0.455. The van der Waals surface area contributed by atoms with Crippen LogP contribution in [0.1, 0.15) is 34.3 Å². The van der Waals surface area contributed by atoms with Crippen molar-refractivity contribution in [2.24, 2.45) is 5.92 Å². The van der Waals surface area contributed by atoms with Crippen LogP contribution in [0, 0.1) is 5.92 Å². The Morgan fingerprint density at radius 2 is 2.00 bits per heavy atom. The van der Waals surface area contributed by atoms with Gasteiger partial charge >= 0.3 is 5.97 Å². The van der Waals surface area contributed by atoms with E-state index in [1.165, 1.54) is 25.2 Å². The van der Waals surface area contributed by atoms with Crippen molar-refractivity contribution in [3.63, 3.8) is 0 Å². The summed E-state index contributed by atoms with van der Waals surface area (Å²) in [7, 11) is 1.45. The second-order valence-electron chi connectivity index (χ2n) is 7.60. The average molecular weight is 398 g/mol. The fourth-order valence-corrected chi connectivity index (χ4v) is 4.04. The van der Waals surface area contributed by atoms with Gasteiger partial charge < -0.3 is 18.8 Å². The minimum Gasteiger partial charge on any atom is -0.491 e. The van der Waals surface area contributed by atoms with E-state index in [0.29, 0.717) is 25.3 Å². The van der Waals surface area contributed by atoms with Crippen molar-refractivity contribution < 1.29 is 23.5 Å². The monoisotopic (exact) mass is 398 g/mol. The van der Waals surface area contributed by atoms with Gasteiger partial charge in [0.15, 0.2) is 0 Å². The van der Waals surface area contributed by atoms with Gasteiger partial charge in [-0.05, 0) is 49.7 Å². The molecule has 0 saturated carbocycles. The maximum Gasteiger partial charge on any atom is 0.308 e. The molecule has 154 valence electrons. The largest absolute Gasteiger partial charge is 0.491 e. The Balaban J connectivity index is 1.42. The molecule has 2 aliphatic rings. The summed E-state index contributed by atoms with van der Waals surface area (Å²) in [6, 6.07) is 7.89. The number of ether oxygens (including phenoxy) is 2. The third kappa shape index (κ3) is 4.45. The van der Waals surface area contributed by atoms with Crippen LogP contribution >= 0.6 is 0 Å². The molecule has 0 N–H and O–H groups in total. The first-order chi connectivity index (χ1) is 14.1. The first-order valence-electron chi connectivity index (χ1n) is 10.0. The topological polar surface area (TPSA) is 72.2 Å². The number of amides is 1. The average Bonchev–Trinajstić information content (AvgIpc) is 3.20. The molecule has 1 fully saturated rings. The molecule has 0 unspecified atom stereocenters. The van der Waals surface area contributed by atoms with Gasteiger partial charge in [-0.25, -0.2) is 0 Å². The first-order valence-corrected chi connectivity index (χ1v) is 10.0. The normalized spacial score (nSPS) is 17.9. The lowest BCUT2D eigenvalue weighted by Gasteiger charge is -2.30. The fourth-order valence-electron chi connectivity index (χ4n) is 4.04. The van der Waals surface area contributed by atoms with Crippen LogP contribution in [0.3, 0.4) is 0 Å². The lowest BCUT2D eigenvalue weighted by Crippen LogP contribution is -2.36. The van der Waals surface area contributed by atoms with Gasteiger partial charge in [-0.2, -0.15) is 0 Å². The number of carbonyl (C=O) groups excluding carboxylic acids is 2. The van der Waals surface area contributed by atoms with Gasteiger partial charge in [0, 0.05) is 18.7 Å². The molecule has 4 rings (SSSR count). The number of piperidine rings is 1. The summed E-state index contributed by atoms with van der Waals surface area (Å²) in [5, 5.41) is 0. The quantitative estimate of drug-likeness (QED) is 0.738. The summed E-state index contributed by atoms with van der Waals surface area (Å²) in [6.07, 6.45) is 4.64. The first kappa shape index (κ1) is 19.5. The van der Waals surface area contributed by atoms with Crippen LogP contribution in [0.5, 0.6) is 5.75 Å². The minimum atomic E-state index is -0.103. The highest BCUT2D eigenvalue weighted by atomic mass is 16.5. The van der Waals surface area contributed by atoms with E-state index in [1.807, 2.05) is 6.07 Å². The van der Waals surface area contributed by atoms with E-state index < -0.39 is 0 Å². The van der Waals surface area contributed by atoms with E-state index in [1.54, 1.807) is 11.0 Å². The zero-order chi connectivity index (χ0) is 20.2. The zero-order valence-corrected chi connectivity index (χ0v) is 16.6. The van der Waals surface area contributed by atoms with Crippen molar-refractivity contribution in [3.05, 3.63) is 53.5 Å². The van der Waals surface area contributed by atoms with Crippen LogP contribution < -0.4 is 4.74 Å². The lowest BCUT2D eigenvalue weighted by molar-refractivity contribution is -0.147. The van der Waals surface area contributed by atoms with Gasteiger partial charge in [-0.1, -0.05) is 6.07 Å². The molecule has 1 aromatic heterocycles. The van der Waals surface area contributed by atoms with Gasteiger partial charge in [-0.3, -0.25) is 14.5 Å². The van der Waals surface area contributed by atoms with Gasteiger partial charge in [0.1, 0.15) is 18.6 Å². The zero-order valence-electron chi connectivity index (χ0n) is 16.6. The molecule has 0 atom stereocenters. The van der Waals surface area contributed by atoms with E-state index in [0.717, 1.165) is 43.8 Å². The number of carbonyl (C=O) groups is 2. The summed E-state index contributed by atoms with van der Waals surface area (Å²) in [5.41, 5.74) is 2.75. The van der Waals surface area contributed by atoms with Gasteiger partial charge in [0.25, 0.3) is 5.91 Å². The Kier molecular flexibility index (Phi) is 5.85. The molecule has 3 heterocycles. The SMILES string of the molecule is COC(=O)C1CCN(Cc2ccc3c(c2)CN(C(=O)c2ccoc2)CCO3)CC1. The Labute approximate surface area is 170 Å². The molecule has 2 aliphatic heterocycles. The third-order valence-corrected chi connectivity index (χ3v) is 5.69. The minimum absolute atomic E-state index is 0.0131. The molecular weight excluding hydrogens is 372 g/mol. The number of hydrogen-bond donors (Lipinski definition) is 0. The van der Waals surface area contributed by atoms with Gasteiger partial charge in [0.05, 0.1) is 31.4 Å². The molecule has 0 radical (unpaired) electrons. The number of furan rings is 1. The highest BCUT2D eigenvalue weighted by Gasteiger charge is 2.26. The molecule has 0 bridgehead atoms. The van der Waals surface area contributed by atoms with Crippen LogP contribution in [-0.4, -0.2) is 55.0 Å². The molecule has 7 nitrogen and oxygen atoms in total. The second kappa shape index (κ2) is 8.69. The van der Waals surface area contributed by atoms with Crippen LogP contribution in [0.25, 0.3) is 0 Å². The predicted octanol–water partition coefficient (Wildman–Crippen LogP) is 2.70.